The first-order valence-corrected chi connectivity index (χ1v) is 25.1. The van der Waals surface area contributed by atoms with Crippen molar-refractivity contribution in [1.82, 2.24) is 0 Å². The molecular formula is C51H82O15. The van der Waals surface area contributed by atoms with Crippen LogP contribution in [0.5, 0.6) is 0 Å². The maximum atomic E-state index is 14.7. The molecule has 3 aliphatic heterocycles. The van der Waals surface area contributed by atoms with Crippen molar-refractivity contribution >= 4 is 11.9 Å². The molecule has 15 nitrogen and oxygen atoms in total. The van der Waals surface area contributed by atoms with Crippen molar-refractivity contribution in [3.63, 3.8) is 0 Å². The van der Waals surface area contributed by atoms with E-state index in [1.807, 2.05) is 0 Å². The Morgan fingerprint density at radius 2 is 1.44 bits per heavy atom. The Bertz CT molecular complexity index is 1840. The third-order valence-electron chi connectivity index (χ3n) is 20.3. The van der Waals surface area contributed by atoms with E-state index in [4.69, 9.17) is 33.2 Å². The number of allylic oxidation sites excluding steroid dienone is 2. The molecule has 15 heteroatoms. The summed E-state index contributed by atoms with van der Waals surface area (Å²) in [6.07, 6.45) is -5.05. The summed E-state index contributed by atoms with van der Waals surface area (Å²) >= 11 is 0. The third kappa shape index (κ3) is 7.87. The molecule has 376 valence electrons. The van der Waals surface area contributed by atoms with Crippen LogP contribution in [0.3, 0.4) is 0 Å². The average Bonchev–Trinajstić information content (AvgIpc) is 3.26. The van der Waals surface area contributed by atoms with Gasteiger partial charge < -0.3 is 63.8 Å². The van der Waals surface area contributed by atoms with Gasteiger partial charge in [0, 0.05) is 5.92 Å². The van der Waals surface area contributed by atoms with Crippen LogP contribution in [0.1, 0.15) is 133 Å². The van der Waals surface area contributed by atoms with Crippen LogP contribution in [0.25, 0.3) is 0 Å². The molecule has 66 heavy (non-hydrogen) atoms. The van der Waals surface area contributed by atoms with Gasteiger partial charge >= 0.3 is 11.9 Å². The summed E-state index contributed by atoms with van der Waals surface area (Å²) in [5.74, 6) is -0.223. The number of esters is 2. The van der Waals surface area contributed by atoms with Gasteiger partial charge in [0.15, 0.2) is 18.7 Å². The Balaban J connectivity index is 1.05. The number of carbonyl (C=O) groups excluding carboxylic acids is 2. The molecule has 0 bridgehead atoms. The summed E-state index contributed by atoms with van der Waals surface area (Å²) in [6.45, 7) is 22.7. The van der Waals surface area contributed by atoms with Gasteiger partial charge in [-0.05, 0) is 121 Å². The quantitative estimate of drug-likeness (QED) is 0.110. The van der Waals surface area contributed by atoms with Crippen LogP contribution >= 0.6 is 0 Å². The summed E-state index contributed by atoms with van der Waals surface area (Å²) in [6, 6.07) is 0. The van der Waals surface area contributed by atoms with Crippen molar-refractivity contribution in [2.75, 3.05) is 20.3 Å². The van der Waals surface area contributed by atoms with Gasteiger partial charge in [-0.25, -0.2) is 4.79 Å². The lowest BCUT2D eigenvalue weighted by atomic mass is 9.33. The van der Waals surface area contributed by atoms with E-state index in [1.54, 1.807) is 0 Å². The third-order valence-corrected chi connectivity index (χ3v) is 20.3. The minimum Gasteiger partial charge on any atom is -0.467 e. The summed E-state index contributed by atoms with van der Waals surface area (Å²) in [5, 5.41) is 64.5. The van der Waals surface area contributed by atoms with Crippen molar-refractivity contribution in [3.05, 3.63) is 11.6 Å². The number of hydrogen-bond donors (Lipinski definition) is 6. The van der Waals surface area contributed by atoms with Crippen molar-refractivity contribution in [2.24, 2.45) is 68.0 Å². The first-order chi connectivity index (χ1) is 30.8. The molecule has 0 aromatic rings. The van der Waals surface area contributed by atoms with Crippen molar-refractivity contribution in [3.8, 4) is 0 Å². The highest BCUT2D eigenvalue weighted by Crippen LogP contribution is 2.76. The van der Waals surface area contributed by atoms with Crippen LogP contribution in [-0.2, 0) is 42.7 Å². The zero-order valence-corrected chi connectivity index (χ0v) is 41.3. The fraction of sp³-hybridized carbons (Fsp3) is 0.922. The van der Waals surface area contributed by atoms with E-state index in [2.05, 4.69) is 75.3 Å². The zero-order valence-electron chi connectivity index (χ0n) is 41.3. The fourth-order valence-electron chi connectivity index (χ4n) is 15.4. The van der Waals surface area contributed by atoms with Gasteiger partial charge in [-0.3, -0.25) is 4.79 Å². The van der Waals surface area contributed by atoms with Crippen LogP contribution in [0.15, 0.2) is 11.6 Å². The predicted octanol–water partition coefficient (Wildman–Crippen LogP) is 4.79. The number of fused-ring (bicyclic) bond motifs is 7. The summed E-state index contributed by atoms with van der Waals surface area (Å²) in [4.78, 5) is 27.6. The van der Waals surface area contributed by atoms with Gasteiger partial charge in [-0.1, -0.05) is 80.9 Å². The smallest absolute Gasteiger partial charge is 0.337 e. The molecule has 22 unspecified atom stereocenters. The molecule has 0 amide bonds. The number of methoxy groups -OCH3 is 1. The van der Waals surface area contributed by atoms with Crippen molar-refractivity contribution in [2.45, 2.75) is 207 Å². The van der Waals surface area contributed by atoms with Crippen molar-refractivity contribution < 1.29 is 73.4 Å². The second kappa shape index (κ2) is 17.8. The molecule has 5 aliphatic carbocycles. The molecule has 22 atom stereocenters. The minimum atomic E-state index is -1.67. The number of carbonyl (C=O) groups is 2. The van der Waals surface area contributed by atoms with E-state index in [9.17, 15) is 40.2 Å². The van der Waals surface area contributed by atoms with Crippen LogP contribution in [0, 0.1) is 68.0 Å². The number of aliphatic hydroxyl groups excluding tert-OH is 6. The van der Waals surface area contributed by atoms with E-state index in [0.29, 0.717) is 37.7 Å². The minimum absolute atomic E-state index is 0.0112. The zero-order chi connectivity index (χ0) is 48.3. The van der Waals surface area contributed by atoms with Gasteiger partial charge in [-0.2, -0.15) is 0 Å². The molecule has 4 saturated carbocycles. The fourth-order valence-corrected chi connectivity index (χ4v) is 15.4. The van der Waals surface area contributed by atoms with Gasteiger partial charge in [0.1, 0.15) is 42.7 Å². The van der Waals surface area contributed by atoms with E-state index in [0.717, 1.165) is 44.9 Å². The van der Waals surface area contributed by atoms with Crippen LogP contribution in [-0.4, -0.2) is 137 Å². The molecule has 7 fully saturated rings. The van der Waals surface area contributed by atoms with Gasteiger partial charge in [0.25, 0.3) is 0 Å². The van der Waals surface area contributed by atoms with Gasteiger partial charge in [-0.15, -0.1) is 0 Å². The Labute approximate surface area is 391 Å². The monoisotopic (exact) mass is 935 g/mol. The SMILES string of the molecule is COC(=O)C1OC(OC2CCC3(C)C(CCC4(C)C3CC=C3C5CC(C)(C)CCC5(C(=O)OC5OC(CO)C(O)C(O)C5O)CCC34C)C2(C)C)C(OC2OCC(C)C(C)C2C)C(O)C1O. The lowest BCUT2D eigenvalue weighted by molar-refractivity contribution is -0.358. The molecule has 8 aliphatic rings. The van der Waals surface area contributed by atoms with E-state index in [1.165, 1.54) is 12.7 Å². The standard InChI is InChI=1S/C51H82O15/c1-25-24-61-42(27(3)26(25)2)65-40-37(56)36(55)39(41(58)60-11)64-44(40)63-33-15-16-48(8)31(47(33,6)7)14-17-50(10)32(48)13-12-28-29-22-46(4,5)18-20-51(29,21-19-49(28,50)9)45(59)66-43-38(57)35(54)34(53)30(23-52)62-43/h12,25-27,29-40,42-44,52-57H,13-24H2,1-11H3. The molecule has 8 rings (SSSR count). The molecule has 0 aromatic heterocycles. The van der Waals surface area contributed by atoms with E-state index >= 15 is 0 Å². The van der Waals surface area contributed by atoms with E-state index in [-0.39, 0.29) is 56.9 Å². The van der Waals surface area contributed by atoms with Crippen LogP contribution in [0.4, 0.5) is 0 Å². The molecule has 0 radical (unpaired) electrons. The number of ether oxygens (including phenoxy) is 7. The largest absolute Gasteiger partial charge is 0.467 e. The maximum absolute atomic E-state index is 14.7. The Morgan fingerprint density at radius 3 is 2.12 bits per heavy atom. The highest BCUT2D eigenvalue weighted by atomic mass is 16.8. The molecule has 3 saturated heterocycles. The lowest BCUT2D eigenvalue weighted by Gasteiger charge is -2.71. The highest BCUT2D eigenvalue weighted by Gasteiger charge is 2.70. The maximum Gasteiger partial charge on any atom is 0.337 e. The lowest BCUT2D eigenvalue weighted by Crippen LogP contribution is -2.66. The van der Waals surface area contributed by atoms with Crippen LogP contribution < -0.4 is 0 Å². The number of aliphatic hydroxyl groups is 6. The predicted molar refractivity (Wildman–Crippen MR) is 239 cm³/mol. The van der Waals surface area contributed by atoms with Gasteiger partial charge in [0.2, 0.25) is 6.29 Å². The highest BCUT2D eigenvalue weighted by molar-refractivity contribution is 5.79. The normalized spacial score (nSPS) is 52.0. The summed E-state index contributed by atoms with van der Waals surface area (Å²) in [5.41, 5.74) is -0.362. The average molecular weight is 935 g/mol. The molecule has 0 spiro atoms. The van der Waals surface area contributed by atoms with Gasteiger partial charge in [0.05, 0.1) is 31.8 Å². The second-order valence-electron chi connectivity index (χ2n) is 24.4. The van der Waals surface area contributed by atoms with Crippen LogP contribution in [0.2, 0.25) is 0 Å². The summed E-state index contributed by atoms with van der Waals surface area (Å²) < 4.78 is 42.6. The molecule has 6 N–H and O–H groups in total. The molecule has 0 aromatic carbocycles. The molecule has 3 heterocycles. The molecular weight excluding hydrogens is 853 g/mol. The number of hydrogen-bond acceptors (Lipinski definition) is 15. The Hall–Kier alpha value is -1.76. The second-order valence-corrected chi connectivity index (χ2v) is 24.4. The number of rotatable bonds is 8. The topological polar surface area (TPSA) is 220 Å². The summed E-state index contributed by atoms with van der Waals surface area (Å²) in [7, 11) is 1.22. The van der Waals surface area contributed by atoms with E-state index < -0.39 is 91.7 Å². The Morgan fingerprint density at radius 1 is 0.742 bits per heavy atom. The Kier molecular flexibility index (Phi) is 13.7. The first kappa shape index (κ1) is 50.6. The first-order valence-electron chi connectivity index (χ1n) is 25.1. The van der Waals surface area contributed by atoms with Crippen molar-refractivity contribution in [1.29, 1.82) is 0 Å².